The third-order valence-electron chi connectivity index (χ3n) is 5.02. The Balaban J connectivity index is 0.000000673. The lowest BCUT2D eigenvalue weighted by Gasteiger charge is -2.39. The second-order valence-corrected chi connectivity index (χ2v) is 11.2. The van der Waals surface area contributed by atoms with Crippen LogP contribution in [0.1, 0.15) is 75.2 Å². The molecule has 2 rings (SSSR count). The number of carbonyl (C=O) groups excluding carboxylic acids is 4. The molecule has 0 aromatic heterocycles. The summed E-state index contributed by atoms with van der Waals surface area (Å²) >= 11 is 0. The van der Waals surface area contributed by atoms with E-state index in [1.54, 1.807) is 36.6 Å². The highest BCUT2D eigenvalue weighted by atomic mass is 16.6. The van der Waals surface area contributed by atoms with Crippen LogP contribution in [-0.4, -0.2) is 96.2 Å². The van der Waals surface area contributed by atoms with Crippen LogP contribution in [0.2, 0.25) is 0 Å². The summed E-state index contributed by atoms with van der Waals surface area (Å²) in [5.74, 6) is 0.102. The summed E-state index contributed by atoms with van der Waals surface area (Å²) in [5, 5.41) is 7.57. The van der Waals surface area contributed by atoms with E-state index in [4.69, 9.17) is 24.1 Å². The normalized spacial score (nSPS) is 15.5. The number of ether oxygens (including phenoxy) is 4. The molecule has 0 aliphatic carbocycles. The maximum absolute atomic E-state index is 11.6. The smallest absolute Gasteiger partial charge is 0.410 e. The van der Waals surface area contributed by atoms with Crippen molar-refractivity contribution in [1.29, 1.82) is 0 Å². The Bertz CT molecular complexity index is 788. The number of carbonyl (C=O) groups is 4. The van der Waals surface area contributed by atoms with Gasteiger partial charge in [-0.25, -0.2) is 14.4 Å². The van der Waals surface area contributed by atoms with Crippen LogP contribution in [0.25, 0.3) is 0 Å². The van der Waals surface area contributed by atoms with E-state index in [1.165, 1.54) is 6.08 Å². The van der Waals surface area contributed by atoms with Gasteiger partial charge in [-0.15, -0.1) is 0 Å². The predicted octanol–water partition coefficient (Wildman–Crippen LogP) is 4.17. The number of aliphatic hydroxyl groups is 1. The summed E-state index contributed by atoms with van der Waals surface area (Å²) in [6.45, 7) is 19.9. The predicted molar refractivity (Wildman–Crippen MR) is 147 cm³/mol. The fourth-order valence-corrected chi connectivity index (χ4v) is 3.30. The number of nitrogens with zero attached hydrogens (tertiary/aromatic N) is 2. The Labute approximate surface area is 233 Å². The van der Waals surface area contributed by atoms with Crippen molar-refractivity contribution < 1.29 is 43.2 Å². The zero-order valence-electron chi connectivity index (χ0n) is 25.3. The fourth-order valence-electron chi connectivity index (χ4n) is 3.30. The van der Waals surface area contributed by atoms with E-state index in [9.17, 15) is 19.2 Å². The van der Waals surface area contributed by atoms with Crippen LogP contribution in [-0.2, 0) is 28.5 Å². The van der Waals surface area contributed by atoms with Crippen molar-refractivity contribution >= 4 is 24.1 Å². The molecule has 2 amide bonds. The first-order valence-electron chi connectivity index (χ1n) is 13.6. The second kappa shape index (κ2) is 17.7. The van der Waals surface area contributed by atoms with E-state index in [0.717, 1.165) is 6.42 Å². The van der Waals surface area contributed by atoms with Crippen molar-refractivity contribution in [3.05, 3.63) is 12.2 Å². The van der Waals surface area contributed by atoms with Crippen LogP contribution in [0.3, 0.4) is 0 Å². The molecule has 0 radical (unpaired) electrons. The Morgan fingerprint density at radius 1 is 0.795 bits per heavy atom. The summed E-state index contributed by atoms with van der Waals surface area (Å²) in [4.78, 5) is 48.8. The minimum Gasteiger partial charge on any atom is -0.466 e. The second-order valence-electron chi connectivity index (χ2n) is 11.2. The lowest BCUT2D eigenvalue weighted by atomic mass is 9.95. The third kappa shape index (κ3) is 17.4. The van der Waals surface area contributed by atoms with Gasteiger partial charge < -0.3 is 33.9 Å². The molecule has 0 atom stereocenters. The standard InChI is InChI=1S/C13H23NO4.C13H21NO4.C2H6O/c2*1-5-17-11(15)7-6-10-8-14(9-10)12(16)18-13(2,3)4;1-2-3/h10H,5-9H2,1-4H3;6-7,10H,5,8-9H2,1-4H3;3H,2H2,1H3/b;7-6+;. The number of aliphatic hydroxyl groups excluding tert-OH is 1. The van der Waals surface area contributed by atoms with Crippen molar-refractivity contribution in [3.63, 3.8) is 0 Å². The van der Waals surface area contributed by atoms with Crippen LogP contribution >= 0.6 is 0 Å². The van der Waals surface area contributed by atoms with Crippen molar-refractivity contribution in [1.82, 2.24) is 9.80 Å². The molecule has 0 bridgehead atoms. The summed E-state index contributed by atoms with van der Waals surface area (Å²) in [5.41, 5.74) is -0.921. The van der Waals surface area contributed by atoms with Gasteiger partial charge in [0.1, 0.15) is 11.2 Å². The average Bonchev–Trinajstić information content (AvgIpc) is 2.70. The number of likely N-dealkylation sites (tertiary alicyclic amines) is 2. The Kier molecular flexibility index (Phi) is 16.4. The molecule has 2 fully saturated rings. The van der Waals surface area contributed by atoms with Crippen molar-refractivity contribution in [3.8, 4) is 0 Å². The van der Waals surface area contributed by atoms with Crippen LogP contribution < -0.4 is 0 Å². The lowest BCUT2D eigenvalue weighted by Crippen LogP contribution is -2.51. The molecule has 226 valence electrons. The molecule has 0 aromatic carbocycles. The Morgan fingerprint density at radius 3 is 1.64 bits per heavy atom. The third-order valence-corrected chi connectivity index (χ3v) is 5.02. The minimum absolute atomic E-state index is 0.159. The van der Waals surface area contributed by atoms with Crippen LogP contribution in [0, 0.1) is 11.8 Å². The highest BCUT2D eigenvalue weighted by Gasteiger charge is 2.34. The average molecular weight is 559 g/mol. The molecule has 2 saturated heterocycles. The zero-order valence-corrected chi connectivity index (χ0v) is 25.3. The van der Waals surface area contributed by atoms with Crippen molar-refractivity contribution in [2.24, 2.45) is 11.8 Å². The Hall–Kier alpha value is -2.82. The molecule has 2 aliphatic heterocycles. The minimum atomic E-state index is -0.469. The maximum Gasteiger partial charge on any atom is 0.410 e. The fraction of sp³-hybridized carbons (Fsp3) is 0.786. The molecule has 1 N–H and O–H groups in total. The van der Waals surface area contributed by atoms with Gasteiger partial charge in [-0.1, -0.05) is 6.08 Å². The number of hydrogen-bond acceptors (Lipinski definition) is 9. The highest BCUT2D eigenvalue weighted by molar-refractivity contribution is 5.82. The maximum atomic E-state index is 11.6. The van der Waals surface area contributed by atoms with Gasteiger partial charge in [-0.2, -0.15) is 0 Å². The molecule has 0 unspecified atom stereocenters. The van der Waals surface area contributed by atoms with Gasteiger partial charge in [0.05, 0.1) is 13.2 Å². The van der Waals surface area contributed by atoms with Crippen LogP contribution in [0.4, 0.5) is 9.59 Å². The quantitative estimate of drug-likeness (QED) is 0.278. The summed E-state index contributed by atoms with van der Waals surface area (Å²) in [6, 6.07) is 0. The summed E-state index contributed by atoms with van der Waals surface area (Å²) in [7, 11) is 0. The van der Waals surface area contributed by atoms with Gasteiger partial charge in [0.2, 0.25) is 0 Å². The van der Waals surface area contributed by atoms with Gasteiger partial charge in [-0.05, 0) is 74.7 Å². The number of rotatable bonds is 7. The first-order valence-corrected chi connectivity index (χ1v) is 13.6. The van der Waals surface area contributed by atoms with E-state index in [0.29, 0.717) is 51.7 Å². The van der Waals surface area contributed by atoms with E-state index in [1.807, 2.05) is 41.5 Å². The molecule has 2 aliphatic rings. The van der Waals surface area contributed by atoms with E-state index < -0.39 is 11.2 Å². The van der Waals surface area contributed by atoms with Gasteiger partial charge in [-0.3, -0.25) is 4.79 Å². The first-order chi connectivity index (χ1) is 18.0. The molecule has 0 saturated carbocycles. The van der Waals surface area contributed by atoms with E-state index in [-0.39, 0.29) is 36.6 Å². The van der Waals surface area contributed by atoms with Crippen LogP contribution in [0.15, 0.2) is 12.2 Å². The first kappa shape index (κ1) is 36.2. The SMILES string of the molecule is CCO.CCOC(=O)/C=C/C1CN(C(=O)OC(C)(C)C)C1.CCOC(=O)CCC1CN(C(=O)OC(C)(C)C)C1. The van der Waals surface area contributed by atoms with Gasteiger partial charge >= 0.3 is 24.1 Å². The molecular formula is C28H50N2O9. The van der Waals surface area contributed by atoms with Crippen molar-refractivity contribution in [2.75, 3.05) is 46.0 Å². The van der Waals surface area contributed by atoms with Crippen molar-refractivity contribution in [2.45, 2.75) is 86.4 Å². The largest absolute Gasteiger partial charge is 0.466 e. The molecular weight excluding hydrogens is 508 g/mol. The molecule has 2 heterocycles. The number of esters is 2. The number of amides is 2. The van der Waals surface area contributed by atoms with E-state index in [2.05, 4.69) is 0 Å². The topological polar surface area (TPSA) is 132 Å². The molecule has 39 heavy (non-hydrogen) atoms. The highest BCUT2D eigenvalue weighted by Crippen LogP contribution is 2.23. The molecule has 0 spiro atoms. The van der Waals surface area contributed by atoms with Gasteiger partial charge in [0.25, 0.3) is 0 Å². The molecule has 11 heteroatoms. The summed E-state index contributed by atoms with van der Waals surface area (Å²) in [6.07, 6.45) is 3.83. The summed E-state index contributed by atoms with van der Waals surface area (Å²) < 4.78 is 20.1. The molecule has 0 aromatic rings. The molecule has 11 nitrogen and oxygen atoms in total. The Morgan fingerprint density at radius 2 is 1.23 bits per heavy atom. The van der Waals surface area contributed by atoms with E-state index >= 15 is 0 Å². The van der Waals surface area contributed by atoms with Gasteiger partial charge in [0.15, 0.2) is 0 Å². The zero-order chi connectivity index (χ0) is 30.2. The van der Waals surface area contributed by atoms with Gasteiger partial charge in [0, 0.05) is 51.2 Å². The monoisotopic (exact) mass is 558 g/mol. The number of hydrogen-bond donors (Lipinski definition) is 1. The lowest BCUT2D eigenvalue weighted by molar-refractivity contribution is -0.143. The van der Waals surface area contributed by atoms with Crippen LogP contribution in [0.5, 0.6) is 0 Å².